The molecule has 1 amide bonds. The Morgan fingerprint density at radius 2 is 2.30 bits per heavy atom. The van der Waals surface area contributed by atoms with Crippen molar-refractivity contribution in [2.45, 2.75) is 12.5 Å². The van der Waals surface area contributed by atoms with Crippen LogP contribution in [0.1, 0.15) is 12.0 Å². The van der Waals surface area contributed by atoms with Crippen molar-refractivity contribution in [3.05, 3.63) is 23.5 Å². The maximum absolute atomic E-state index is 13.6. The highest BCUT2D eigenvalue weighted by Gasteiger charge is 2.19. The zero-order valence-electron chi connectivity index (χ0n) is 10.6. The molecule has 7 heteroatoms. The molecule has 0 bridgehead atoms. The van der Waals surface area contributed by atoms with Gasteiger partial charge >= 0.3 is 0 Å². The van der Waals surface area contributed by atoms with Gasteiger partial charge in [-0.05, 0) is 12.5 Å². The number of carbonyl (C=O) groups is 1. The Bertz CT molecular complexity index is 555. The lowest BCUT2D eigenvalue weighted by Crippen LogP contribution is -2.33. The van der Waals surface area contributed by atoms with E-state index in [1.807, 2.05) is 0 Å². The van der Waals surface area contributed by atoms with E-state index in [1.54, 1.807) is 6.07 Å². The fourth-order valence-electron chi connectivity index (χ4n) is 1.76. The summed E-state index contributed by atoms with van der Waals surface area (Å²) in [7, 11) is 0. The van der Waals surface area contributed by atoms with Crippen LogP contribution in [0.3, 0.4) is 0 Å². The van der Waals surface area contributed by atoms with E-state index >= 15 is 0 Å². The van der Waals surface area contributed by atoms with Crippen molar-refractivity contribution in [2.24, 2.45) is 0 Å². The van der Waals surface area contributed by atoms with Gasteiger partial charge in [0.05, 0.1) is 23.0 Å². The molecule has 0 radical (unpaired) electrons. The van der Waals surface area contributed by atoms with Crippen LogP contribution in [0.4, 0.5) is 15.8 Å². The smallest absolute Gasteiger partial charge is 0.239 e. The minimum absolute atomic E-state index is 0.0882. The summed E-state index contributed by atoms with van der Waals surface area (Å²) < 4.78 is 18.9. The van der Waals surface area contributed by atoms with Crippen LogP contribution in [0.2, 0.25) is 0 Å². The van der Waals surface area contributed by atoms with Crippen LogP contribution < -0.4 is 10.6 Å². The van der Waals surface area contributed by atoms with Crippen LogP contribution >= 0.6 is 11.6 Å². The molecule has 0 saturated carbocycles. The van der Waals surface area contributed by atoms with E-state index in [-0.39, 0.29) is 17.5 Å². The number of anilines is 2. The number of carbonyl (C=O) groups excluding carboxylic acids is 1. The van der Waals surface area contributed by atoms with Crippen LogP contribution in [-0.2, 0) is 9.53 Å². The number of nitriles is 1. The van der Waals surface area contributed by atoms with Crippen LogP contribution in [0.5, 0.6) is 0 Å². The second-order valence-electron chi connectivity index (χ2n) is 4.33. The maximum Gasteiger partial charge on any atom is 0.239 e. The monoisotopic (exact) mass is 297 g/mol. The number of rotatable bonds is 5. The standard InChI is InChI=1S/C13H13ClFN3O2/c14-5-13(19)18-12-3-8(6-16)10(15)4-11(12)17-7-9-1-2-20-9/h3-4,9,17H,1-2,5,7H2,(H,18,19)/t9-/m0/s1. The van der Waals surface area contributed by atoms with Crippen LogP contribution in [0.15, 0.2) is 12.1 Å². The summed E-state index contributed by atoms with van der Waals surface area (Å²) in [5, 5.41) is 14.4. The summed E-state index contributed by atoms with van der Waals surface area (Å²) in [6, 6.07) is 4.19. The molecule has 0 spiro atoms. The Balaban J connectivity index is 2.19. The molecule has 1 aliphatic heterocycles. The Hall–Kier alpha value is -1.84. The molecule has 1 aromatic rings. The van der Waals surface area contributed by atoms with Crippen LogP contribution in [0.25, 0.3) is 0 Å². The quantitative estimate of drug-likeness (QED) is 0.816. The number of ether oxygens (including phenoxy) is 1. The van der Waals surface area contributed by atoms with Gasteiger partial charge in [-0.3, -0.25) is 4.79 Å². The molecule has 2 N–H and O–H groups in total. The zero-order chi connectivity index (χ0) is 14.5. The van der Waals surface area contributed by atoms with E-state index in [2.05, 4.69) is 10.6 Å². The molecule has 1 saturated heterocycles. The minimum Gasteiger partial charge on any atom is -0.381 e. The predicted octanol–water partition coefficient (Wildman–Crippen LogP) is 2.08. The molecule has 0 aromatic heterocycles. The number of alkyl halides is 1. The first kappa shape index (κ1) is 14.6. The number of nitrogens with zero attached hydrogens (tertiary/aromatic N) is 1. The summed E-state index contributed by atoms with van der Waals surface area (Å²) in [6.45, 7) is 1.24. The molecule has 1 heterocycles. The summed E-state index contributed by atoms with van der Waals surface area (Å²) >= 11 is 5.43. The first-order valence-electron chi connectivity index (χ1n) is 6.09. The van der Waals surface area contributed by atoms with Gasteiger partial charge < -0.3 is 15.4 Å². The largest absolute Gasteiger partial charge is 0.381 e. The predicted molar refractivity (Wildman–Crippen MR) is 73.3 cm³/mol. The van der Waals surface area contributed by atoms with E-state index in [4.69, 9.17) is 21.6 Å². The van der Waals surface area contributed by atoms with Gasteiger partial charge in [0.25, 0.3) is 0 Å². The Kier molecular flexibility index (Phi) is 4.77. The molecule has 5 nitrogen and oxygen atoms in total. The number of hydrogen-bond donors (Lipinski definition) is 2. The Labute approximate surface area is 120 Å². The topological polar surface area (TPSA) is 74.2 Å². The van der Waals surface area contributed by atoms with E-state index in [1.165, 1.54) is 12.1 Å². The lowest BCUT2D eigenvalue weighted by Gasteiger charge is -2.27. The molecule has 1 atom stereocenters. The SMILES string of the molecule is N#Cc1cc(NC(=O)CCl)c(NC[C@@H]2CCO2)cc1F. The second-order valence-corrected chi connectivity index (χ2v) is 4.60. The van der Waals surface area contributed by atoms with Gasteiger partial charge in [0.2, 0.25) is 5.91 Å². The van der Waals surface area contributed by atoms with Gasteiger partial charge in [0.15, 0.2) is 0 Å². The highest BCUT2D eigenvalue weighted by Crippen LogP contribution is 2.26. The Morgan fingerprint density at radius 1 is 1.55 bits per heavy atom. The highest BCUT2D eigenvalue weighted by atomic mass is 35.5. The molecular weight excluding hydrogens is 285 g/mol. The zero-order valence-corrected chi connectivity index (χ0v) is 11.3. The van der Waals surface area contributed by atoms with Gasteiger partial charge in [-0.2, -0.15) is 5.26 Å². The lowest BCUT2D eigenvalue weighted by atomic mass is 10.1. The van der Waals surface area contributed by atoms with Gasteiger partial charge in [0.1, 0.15) is 17.8 Å². The molecule has 1 aromatic carbocycles. The number of halogens is 2. The fraction of sp³-hybridized carbons (Fsp3) is 0.385. The van der Waals surface area contributed by atoms with Crippen molar-refractivity contribution in [1.29, 1.82) is 5.26 Å². The number of benzene rings is 1. The summed E-state index contributed by atoms with van der Waals surface area (Å²) in [6.07, 6.45) is 1.03. The van der Waals surface area contributed by atoms with Crippen molar-refractivity contribution in [3.8, 4) is 6.07 Å². The Morgan fingerprint density at radius 3 is 2.85 bits per heavy atom. The number of nitrogens with one attached hydrogen (secondary N) is 2. The highest BCUT2D eigenvalue weighted by molar-refractivity contribution is 6.29. The van der Waals surface area contributed by atoms with Crippen LogP contribution in [0, 0.1) is 17.1 Å². The third-order valence-electron chi connectivity index (χ3n) is 2.94. The van der Waals surface area contributed by atoms with Crippen molar-refractivity contribution >= 4 is 28.9 Å². The molecule has 2 rings (SSSR count). The molecule has 0 aliphatic carbocycles. The van der Waals surface area contributed by atoms with Gasteiger partial charge in [-0.1, -0.05) is 0 Å². The average Bonchev–Trinajstić information content (AvgIpc) is 2.39. The van der Waals surface area contributed by atoms with Crippen molar-refractivity contribution in [2.75, 3.05) is 29.7 Å². The molecule has 20 heavy (non-hydrogen) atoms. The molecule has 1 aliphatic rings. The summed E-state index contributed by atoms with van der Waals surface area (Å²) in [5.41, 5.74) is 0.587. The summed E-state index contributed by atoms with van der Waals surface area (Å²) in [5.74, 6) is -1.29. The maximum atomic E-state index is 13.6. The fourth-order valence-corrected chi connectivity index (χ4v) is 1.83. The molecule has 106 valence electrons. The van der Waals surface area contributed by atoms with E-state index in [0.717, 1.165) is 13.0 Å². The van der Waals surface area contributed by atoms with Gasteiger partial charge in [0, 0.05) is 19.2 Å². The van der Waals surface area contributed by atoms with Gasteiger partial charge in [-0.25, -0.2) is 4.39 Å². The molecular formula is C13H13ClFN3O2. The minimum atomic E-state index is -0.645. The van der Waals surface area contributed by atoms with Crippen molar-refractivity contribution in [3.63, 3.8) is 0 Å². The first-order chi connectivity index (χ1) is 9.63. The third kappa shape index (κ3) is 3.38. The average molecular weight is 298 g/mol. The van der Waals surface area contributed by atoms with Gasteiger partial charge in [-0.15, -0.1) is 11.6 Å². The van der Waals surface area contributed by atoms with E-state index < -0.39 is 11.7 Å². The van der Waals surface area contributed by atoms with E-state index in [0.29, 0.717) is 17.9 Å². The van der Waals surface area contributed by atoms with Crippen molar-refractivity contribution < 1.29 is 13.9 Å². The van der Waals surface area contributed by atoms with Crippen molar-refractivity contribution in [1.82, 2.24) is 0 Å². The first-order valence-corrected chi connectivity index (χ1v) is 6.62. The summed E-state index contributed by atoms with van der Waals surface area (Å²) in [4.78, 5) is 11.4. The third-order valence-corrected chi connectivity index (χ3v) is 3.18. The number of amides is 1. The molecule has 0 unspecified atom stereocenters. The second kappa shape index (κ2) is 6.55. The molecule has 1 fully saturated rings. The van der Waals surface area contributed by atoms with E-state index in [9.17, 15) is 9.18 Å². The normalized spacial score (nSPS) is 16.9. The van der Waals surface area contributed by atoms with Crippen LogP contribution in [-0.4, -0.2) is 31.0 Å². The lowest BCUT2D eigenvalue weighted by molar-refractivity contribution is -0.113. The number of hydrogen-bond acceptors (Lipinski definition) is 4.